The van der Waals surface area contributed by atoms with E-state index in [1.165, 1.54) is 0 Å². The molecule has 0 N–H and O–H groups in total. The van der Waals surface area contributed by atoms with Gasteiger partial charge < -0.3 is 14.2 Å². The molecule has 32 heavy (non-hydrogen) atoms. The minimum atomic E-state index is -0.991. The van der Waals surface area contributed by atoms with Crippen LogP contribution in [0.25, 0.3) is 10.4 Å². The SMILES string of the molecule is CCOC(=O)c1c(N(C(=O)OC(C)(C)C)C(=O)OC(C)(C)C)sc(-c2ccccc2)c1Cl. The molecule has 174 valence electrons. The molecule has 0 radical (unpaired) electrons. The molecule has 7 nitrogen and oxygen atoms in total. The Labute approximate surface area is 197 Å². The zero-order valence-electron chi connectivity index (χ0n) is 19.3. The fourth-order valence-corrected chi connectivity index (χ4v) is 4.18. The Kier molecular flexibility index (Phi) is 7.96. The maximum atomic E-state index is 13.1. The van der Waals surface area contributed by atoms with Crippen LogP contribution in [0.4, 0.5) is 14.6 Å². The Balaban J connectivity index is 2.73. The number of amides is 2. The number of carbonyl (C=O) groups excluding carboxylic acids is 3. The van der Waals surface area contributed by atoms with Gasteiger partial charge in [-0.1, -0.05) is 41.9 Å². The zero-order valence-corrected chi connectivity index (χ0v) is 20.8. The summed E-state index contributed by atoms with van der Waals surface area (Å²) in [4.78, 5) is 40.2. The van der Waals surface area contributed by atoms with Crippen molar-refractivity contribution in [3.8, 4) is 10.4 Å². The van der Waals surface area contributed by atoms with Gasteiger partial charge in [-0.3, -0.25) is 0 Å². The first-order chi connectivity index (χ1) is 14.7. The van der Waals surface area contributed by atoms with Gasteiger partial charge in [0.25, 0.3) is 0 Å². The van der Waals surface area contributed by atoms with Crippen molar-refractivity contribution in [2.45, 2.75) is 59.7 Å². The van der Waals surface area contributed by atoms with E-state index in [-0.39, 0.29) is 22.2 Å². The molecule has 0 unspecified atom stereocenters. The molecule has 2 aromatic rings. The summed E-state index contributed by atoms with van der Waals surface area (Å²) in [5.41, 5.74) is -1.18. The van der Waals surface area contributed by atoms with Crippen LogP contribution < -0.4 is 4.90 Å². The number of halogens is 1. The van der Waals surface area contributed by atoms with Crippen LogP contribution in [0, 0.1) is 0 Å². The monoisotopic (exact) mass is 481 g/mol. The van der Waals surface area contributed by atoms with Gasteiger partial charge in [-0.25, -0.2) is 14.4 Å². The maximum Gasteiger partial charge on any atom is 0.425 e. The molecule has 0 saturated heterocycles. The normalized spacial score (nSPS) is 11.6. The second kappa shape index (κ2) is 9.92. The lowest BCUT2D eigenvalue weighted by atomic mass is 10.1. The number of rotatable bonds is 4. The third-order valence-electron chi connectivity index (χ3n) is 3.70. The Morgan fingerprint density at radius 3 is 1.88 bits per heavy atom. The van der Waals surface area contributed by atoms with Crippen molar-refractivity contribution < 1.29 is 28.6 Å². The number of nitrogens with zero attached hydrogens (tertiary/aromatic N) is 1. The first-order valence-electron chi connectivity index (χ1n) is 10.1. The fraction of sp³-hybridized carbons (Fsp3) is 0.435. The van der Waals surface area contributed by atoms with Gasteiger partial charge in [-0.05, 0) is 54.0 Å². The lowest BCUT2D eigenvalue weighted by Crippen LogP contribution is -2.44. The predicted molar refractivity (Wildman–Crippen MR) is 126 cm³/mol. The van der Waals surface area contributed by atoms with Gasteiger partial charge in [-0.15, -0.1) is 11.3 Å². The molecule has 0 saturated carbocycles. The average molecular weight is 482 g/mol. The number of imide groups is 1. The van der Waals surface area contributed by atoms with E-state index < -0.39 is 29.4 Å². The standard InChI is InChI=1S/C23H28ClNO6S/c1-8-29-19(26)15-16(24)17(14-12-10-9-11-13-14)32-18(15)25(20(27)30-22(2,3)4)21(28)31-23(5,6)7/h9-13H,8H2,1-7H3. The number of hydrogen-bond acceptors (Lipinski definition) is 7. The van der Waals surface area contributed by atoms with Gasteiger partial charge in [-0.2, -0.15) is 4.90 Å². The molecule has 0 aliphatic rings. The number of carbonyl (C=O) groups is 3. The summed E-state index contributed by atoms with van der Waals surface area (Å²) in [7, 11) is 0. The zero-order chi connectivity index (χ0) is 24.3. The van der Waals surface area contributed by atoms with Gasteiger partial charge >= 0.3 is 18.2 Å². The molecular formula is C23H28ClNO6S. The van der Waals surface area contributed by atoms with Crippen molar-refractivity contribution in [2.24, 2.45) is 0 Å². The highest BCUT2D eigenvalue weighted by atomic mass is 35.5. The number of ether oxygens (including phenoxy) is 3. The Morgan fingerprint density at radius 1 is 0.938 bits per heavy atom. The van der Waals surface area contributed by atoms with E-state index in [1.807, 2.05) is 30.3 Å². The van der Waals surface area contributed by atoms with E-state index in [4.69, 9.17) is 25.8 Å². The van der Waals surface area contributed by atoms with E-state index in [0.29, 0.717) is 15.3 Å². The number of thiophene rings is 1. The topological polar surface area (TPSA) is 82.1 Å². The number of hydrogen-bond donors (Lipinski definition) is 0. The molecule has 0 bridgehead atoms. The molecule has 2 amide bonds. The molecule has 1 aromatic carbocycles. The first-order valence-corrected chi connectivity index (χ1v) is 11.3. The quantitative estimate of drug-likeness (QED) is 0.348. The molecular weight excluding hydrogens is 454 g/mol. The van der Waals surface area contributed by atoms with E-state index in [2.05, 4.69) is 0 Å². The van der Waals surface area contributed by atoms with Gasteiger partial charge in [0.2, 0.25) is 0 Å². The first kappa shape index (κ1) is 25.7. The maximum absolute atomic E-state index is 13.1. The Hall–Kier alpha value is -2.58. The van der Waals surface area contributed by atoms with Crippen molar-refractivity contribution in [1.29, 1.82) is 0 Å². The molecule has 2 rings (SSSR count). The van der Waals surface area contributed by atoms with E-state index in [9.17, 15) is 14.4 Å². The third kappa shape index (κ3) is 6.46. The van der Waals surface area contributed by atoms with Crippen molar-refractivity contribution in [2.75, 3.05) is 11.5 Å². The molecule has 1 aromatic heterocycles. The van der Waals surface area contributed by atoms with E-state index in [0.717, 1.165) is 11.3 Å². The summed E-state index contributed by atoms with van der Waals surface area (Å²) in [5, 5.41) is 0.0440. The Bertz CT molecular complexity index is 960. The summed E-state index contributed by atoms with van der Waals surface area (Å²) in [6, 6.07) is 9.08. The van der Waals surface area contributed by atoms with Crippen LogP contribution in [-0.4, -0.2) is 36.0 Å². The van der Waals surface area contributed by atoms with Gasteiger partial charge in [0.15, 0.2) is 0 Å². The van der Waals surface area contributed by atoms with Crippen LogP contribution in [0.2, 0.25) is 5.02 Å². The number of anilines is 1. The van der Waals surface area contributed by atoms with Crippen molar-refractivity contribution in [3.63, 3.8) is 0 Å². The van der Waals surface area contributed by atoms with Gasteiger partial charge in [0, 0.05) is 0 Å². The lowest BCUT2D eigenvalue weighted by Gasteiger charge is -2.28. The van der Waals surface area contributed by atoms with Crippen LogP contribution in [0.3, 0.4) is 0 Å². The molecule has 0 fully saturated rings. The molecule has 0 aliphatic carbocycles. The second-order valence-electron chi connectivity index (χ2n) is 8.81. The summed E-state index contributed by atoms with van der Waals surface area (Å²) >= 11 is 7.59. The largest absolute Gasteiger partial charge is 0.462 e. The minimum absolute atomic E-state index is 0.0317. The van der Waals surface area contributed by atoms with Crippen molar-refractivity contribution in [3.05, 3.63) is 40.9 Å². The highest BCUT2D eigenvalue weighted by molar-refractivity contribution is 7.21. The highest BCUT2D eigenvalue weighted by Crippen LogP contribution is 2.46. The Morgan fingerprint density at radius 2 is 1.44 bits per heavy atom. The van der Waals surface area contributed by atoms with E-state index in [1.54, 1.807) is 48.5 Å². The smallest absolute Gasteiger partial charge is 0.425 e. The molecule has 1 heterocycles. The molecule has 0 atom stereocenters. The minimum Gasteiger partial charge on any atom is -0.462 e. The highest BCUT2D eigenvalue weighted by Gasteiger charge is 2.38. The fourth-order valence-electron chi connectivity index (χ4n) is 2.57. The van der Waals surface area contributed by atoms with Crippen LogP contribution in [0.15, 0.2) is 30.3 Å². The summed E-state index contributed by atoms with van der Waals surface area (Å²) in [6.45, 7) is 11.7. The van der Waals surface area contributed by atoms with Crippen LogP contribution in [-0.2, 0) is 14.2 Å². The summed E-state index contributed by atoms with van der Waals surface area (Å²) < 4.78 is 16.0. The van der Waals surface area contributed by atoms with Crippen molar-refractivity contribution in [1.82, 2.24) is 0 Å². The van der Waals surface area contributed by atoms with Crippen LogP contribution in [0.5, 0.6) is 0 Å². The van der Waals surface area contributed by atoms with E-state index >= 15 is 0 Å². The van der Waals surface area contributed by atoms with Gasteiger partial charge in [0.05, 0.1) is 16.5 Å². The van der Waals surface area contributed by atoms with Gasteiger partial charge in [0.1, 0.15) is 21.8 Å². The summed E-state index contributed by atoms with van der Waals surface area (Å²) in [5.74, 6) is -0.761. The lowest BCUT2D eigenvalue weighted by molar-refractivity contribution is 0.0432. The molecule has 9 heteroatoms. The number of benzene rings is 1. The molecule has 0 spiro atoms. The van der Waals surface area contributed by atoms with Crippen LogP contribution in [0.1, 0.15) is 58.8 Å². The van der Waals surface area contributed by atoms with Crippen molar-refractivity contribution >= 4 is 46.1 Å². The molecule has 0 aliphatic heterocycles. The summed E-state index contributed by atoms with van der Waals surface area (Å²) in [6.07, 6.45) is -1.98. The third-order valence-corrected chi connectivity index (χ3v) is 5.42. The average Bonchev–Trinajstić information content (AvgIpc) is 2.96. The second-order valence-corrected chi connectivity index (χ2v) is 10.2. The predicted octanol–water partition coefficient (Wildman–Crippen LogP) is 6.92. The van der Waals surface area contributed by atoms with Crippen LogP contribution >= 0.6 is 22.9 Å². The number of esters is 1.